The molecule has 0 unspecified atom stereocenters. The predicted octanol–water partition coefficient (Wildman–Crippen LogP) is 2.44. The molecule has 0 spiro atoms. The lowest BCUT2D eigenvalue weighted by molar-refractivity contribution is -0.163. The first kappa shape index (κ1) is 18.5. The molecular formula is C21H20O7. The topological polar surface area (TPSA) is 120 Å². The summed E-state index contributed by atoms with van der Waals surface area (Å²) in [4.78, 5) is 12.5. The van der Waals surface area contributed by atoms with E-state index >= 15 is 0 Å². The number of aromatic hydroxyl groups is 2. The molecule has 2 heterocycles. The normalized spacial score (nSPS) is 25.1. The Kier molecular flexibility index (Phi) is 4.58. The minimum absolute atomic E-state index is 0.0205. The lowest BCUT2D eigenvalue weighted by atomic mass is 9.93. The van der Waals surface area contributed by atoms with Gasteiger partial charge < -0.3 is 29.6 Å². The summed E-state index contributed by atoms with van der Waals surface area (Å²) in [6.07, 6.45) is -3.53. The van der Waals surface area contributed by atoms with Crippen LogP contribution in [0.3, 0.4) is 0 Å². The van der Waals surface area contributed by atoms with Gasteiger partial charge >= 0.3 is 0 Å². The van der Waals surface area contributed by atoms with Gasteiger partial charge in [-0.05, 0) is 13.0 Å². The quantitative estimate of drug-likeness (QED) is 0.501. The van der Waals surface area contributed by atoms with Crippen LogP contribution >= 0.6 is 0 Å². The fourth-order valence-corrected chi connectivity index (χ4v) is 3.57. The number of fused-ring (bicyclic) bond motifs is 1. The molecule has 1 aromatic heterocycles. The zero-order valence-corrected chi connectivity index (χ0v) is 15.1. The molecule has 7 heteroatoms. The van der Waals surface area contributed by atoms with Crippen LogP contribution in [0.4, 0.5) is 0 Å². The van der Waals surface area contributed by atoms with Gasteiger partial charge in [0.1, 0.15) is 22.8 Å². The van der Waals surface area contributed by atoms with Gasteiger partial charge in [0.05, 0.1) is 18.3 Å². The summed E-state index contributed by atoms with van der Waals surface area (Å²) in [7, 11) is 0. The minimum atomic E-state index is -1.05. The monoisotopic (exact) mass is 384 g/mol. The molecule has 4 N–H and O–H groups in total. The van der Waals surface area contributed by atoms with E-state index in [4.69, 9.17) is 9.15 Å². The van der Waals surface area contributed by atoms with E-state index in [1.165, 1.54) is 12.1 Å². The Hall–Kier alpha value is -2.87. The molecule has 1 aliphatic heterocycles. The van der Waals surface area contributed by atoms with Gasteiger partial charge in [-0.25, -0.2) is 0 Å². The number of ether oxygens (including phenoxy) is 1. The molecule has 0 aliphatic carbocycles. The molecule has 1 aliphatic rings. The Labute approximate surface area is 160 Å². The summed E-state index contributed by atoms with van der Waals surface area (Å²) in [5, 5.41) is 40.6. The van der Waals surface area contributed by atoms with E-state index in [1.807, 2.05) is 18.2 Å². The molecule has 7 nitrogen and oxygen atoms in total. The van der Waals surface area contributed by atoms with Gasteiger partial charge in [-0.15, -0.1) is 0 Å². The molecule has 0 amide bonds. The first-order valence-electron chi connectivity index (χ1n) is 8.96. The largest absolute Gasteiger partial charge is 0.504 e. The van der Waals surface area contributed by atoms with Gasteiger partial charge in [0.15, 0.2) is 16.9 Å². The average molecular weight is 384 g/mol. The smallest absolute Gasteiger partial charge is 0.197 e. The average Bonchev–Trinajstić information content (AvgIpc) is 2.68. The zero-order chi connectivity index (χ0) is 20.0. The second-order valence-corrected chi connectivity index (χ2v) is 7.00. The van der Waals surface area contributed by atoms with Crippen molar-refractivity contribution in [1.82, 2.24) is 0 Å². The van der Waals surface area contributed by atoms with Crippen molar-refractivity contribution >= 4 is 11.0 Å². The third-order valence-electron chi connectivity index (χ3n) is 5.11. The summed E-state index contributed by atoms with van der Waals surface area (Å²) in [5.41, 5.74) is 0.467. The zero-order valence-electron chi connectivity index (χ0n) is 15.1. The van der Waals surface area contributed by atoms with E-state index < -0.39 is 41.3 Å². The van der Waals surface area contributed by atoms with Crippen molar-refractivity contribution < 1.29 is 29.6 Å². The third kappa shape index (κ3) is 3.03. The van der Waals surface area contributed by atoms with Crippen LogP contribution in [0.15, 0.2) is 51.7 Å². The fourth-order valence-electron chi connectivity index (χ4n) is 3.57. The second-order valence-electron chi connectivity index (χ2n) is 7.00. The molecule has 4 atom stereocenters. The maximum atomic E-state index is 12.5. The maximum absolute atomic E-state index is 12.5. The fraction of sp³-hybridized carbons (Fsp3) is 0.286. The Balaban J connectivity index is 1.87. The lowest BCUT2D eigenvalue weighted by Gasteiger charge is -2.35. The third-order valence-corrected chi connectivity index (χ3v) is 5.11. The molecule has 3 aromatic rings. The van der Waals surface area contributed by atoms with E-state index in [-0.39, 0.29) is 23.0 Å². The van der Waals surface area contributed by atoms with Crippen LogP contribution in [-0.4, -0.2) is 38.7 Å². The Morgan fingerprint density at radius 3 is 2.43 bits per heavy atom. The standard InChI is InChI=1S/C21H20O7/c1-10-19(24)14(23)9-16(27-10)12-7-17-18(21(26)20(12)25)13(22)8-15(28-17)11-5-3-2-4-6-11/h2-8,10,14,16,19,23-26H,9H2,1H3/t10-,14-,16-,19+/m1/s1. The number of hydrogen-bond acceptors (Lipinski definition) is 7. The Morgan fingerprint density at radius 2 is 1.75 bits per heavy atom. The highest BCUT2D eigenvalue weighted by molar-refractivity contribution is 5.88. The number of rotatable bonds is 2. The van der Waals surface area contributed by atoms with Crippen molar-refractivity contribution in [1.29, 1.82) is 0 Å². The van der Waals surface area contributed by atoms with Crippen LogP contribution in [0.25, 0.3) is 22.3 Å². The van der Waals surface area contributed by atoms with Gasteiger partial charge in [-0.3, -0.25) is 4.79 Å². The van der Waals surface area contributed by atoms with Crippen molar-refractivity contribution in [3.8, 4) is 22.8 Å². The number of benzene rings is 2. The molecular weight excluding hydrogens is 364 g/mol. The number of hydrogen-bond donors (Lipinski definition) is 4. The summed E-state index contributed by atoms with van der Waals surface area (Å²) < 4.78 is 11.5. The molecule has 0 saturated carbocycles. The van der Waals surface area contributed by atoms with Crippen LogP contribution in [0, 0.1) is 0 Å². The van der Waals surface area contributed by atoms with E-state index in [2.05, 4.69) is 0 Å². The van der Waals surface area contributed by atoms with E-state index in [1.54, 1.807) is 19.1 Å². The second kappa shape index (κ2) is 6.94. The van der Waals surface area contributed by atoms with Gasteiger partial charge in [-0.1, -0.05) is 30.3 Å². The maximum Gasteiger partial charge on any atom is 0.197 e. The summed E-state index contributed by atoms with van der Waals surface area (Å²) in [6.45, 7) is 1.60. The molecule has 0 radical (unpaired) electrons. The van der Waals surface area contributed by atoms with E-state index in [0.29, 0.717) is 11.3 Å². The van der Waals surface area contributed by atoms with Gasteiger partial charge in [0, 0.05) is 23.6 Å². The number of phenols is 2. The van der Waals surface area contributed by atoms with Crippen molar-refractivity contribution in [2.75, 3.05) is 0 Å². The highest BCUT2D eigenvalue weighted by atomic mass is 16.5. The molecule has 4 rings (SSSR count). The number of aliphatic hydroxyl groups is 2. The summed E-state index contributed by atoms with van der Waals surface area (Å²) >= 11 is 0. The van der Waals surface area contributed by atoms with E-state index in [0.717, 1.165) is 0 Å². The van der Waals surface area contributed by atoms with Crippen molar-refractivity contribution in [3.05, 3.63) is 58.3 Å². The number of phenolic OH excluding ortho intramolecular Hbond substituents is 2. The highest BCUT2D eigenvalue weighted by Crippen LogP contribution is 2.43. The molecule has 28 heavy (non-hydrogen) atoms. The molecule has 0 bridgehead atoms. The van der Waals surface area contributed by atoms with Crippen LogP contribution in [0.1, 0.15) is 25.0 Å². The first-order valence-corrected chi connectivity index (χ1v) is 8.96. The number of aliphatic hydroxyl groups excluding tert-OH is 2. The van der Waals surface area contributed by atoms with Crippen molar-refractivity contribution in [3.63, 3.8) is 0 Å². The SMILES string of the molecule is C[C@H]1O[C@@H](c2cc3oc(-c4ccccc4)cc(=O)c3c(O)c2O)C[C@@H](O)[C@H]1O. The van der Waals surface area contributed by atoms with Crippen LogP contribution in [0.2, 0.25) is 0 Å². The van der Waals surface area contributed by atoms with Crippen LogP contribution < -0.4 is 5.43 Å². The van der Waals surface area contributed by atoms with Gasteiger partial charge in [-0.2, -0.15) is 0 Å². The van der Waals surface area contributed by atoms with Gasteiger partial charge in [0.25, 0.3) is 0 Å². The summed E-state index contributed by atoms with van der Waals surface area (Å²) in [6, 6.07) is 11.7. The lowest BCUT2D eigenvalue weighted by Crippen LogP contribution is -2.43. The highest BCUT2D eigenvalue weighted by Gasteiger charge is 2.36. The molecule has 1 saturated heterocycles. The Morgan fingerprint density at radius 1 is 1.04 bits per heavy atom. The van der Waals surface area contributed by atoms with Crippen LogP contribution in [0.5, 0.6) is 11.5 Å². The molecule has 1 fully saturated rings. The first-order chi connectivity index (χ1) is 13.4. The summed E-state index contributed by atoms with van der Waals surface area (Å²) in [5.74, 6) is -0.784. The Bertz CT molecular complexity index is 1060. The van der Waals surface area contributed by atoms with Crippen LogP contribution in [-0.2, 0) is 4.74 Å². The molecule has 2 aromatic carbocycles. The van der Waals surface area contributed by atoms with Crippen molar-refractivity contribution in [2.24, 2.45) is 0 Å². The minimum Gasteiger partial charge on any atom is -0.504 e. The molecule has 146 valence electrons. The van der Waals surface area contributed by atoms with E-state index in [9.17, 15) is 25.2 Å². The van der Waals surface area contributed by atoms with Gasteiger partial charge in [0.2, 0.25) is 0 Å². The van der Waals surface area contributed by atoms with Crippen molar-refractivity contribution in [2.45, 2.75) is 37.8 Å². The predicted molar refractivity (Wildman–Crippen MR) is 101 cm³/mol.